The van der Waals surface area contributed by atoms with Gasteiger partial charge in [0.1, 0.15) is 5.82 Å². The van der Waals surface area contributed by atoms with Crippen molar-refractivity contribution in [3.63, 3.8) is 0 Å². The number of hydrogen-bond donors (Lipinski definition) is 1. The van der Waals surface area contributed by atoms with Gasteiger partial charge in [0, 0.05) is 17.6 Å². The maximum absolute atomic E-state index is 13.2. The predicted molar refractivity (Wildman–Crippen MR) is 76.1 cm³/mol. The lowest BCUT2D eigenvalue weighted by atomic mass is 10.1. The molecule has 2 aromatic carbocycles. The molecule has 6 heteroatoms. The summed E-state index contributed by atoms with van der Waals surface area (Å²) in [4.78, 5) is 0. The molecule has 0 aromatic heterocycles. The van der Waals surface area contributed by atoms with Gasteiger partial charge in [-0.3, -0.25) is 0 Å². The van der Waals surface area contributed by atoms with Crippen molar-refractivity contribution in [2.24, 2.45) is 0 Å². The normalized spacial score (nSPS) is 11.7. The average Bonchev–Trinajstić information content (AvgIpc) is 2.39. The Morgan fingerprint density at radius 3 is 2.14 bits per heavy atom. The molecule has 0 unspecified atom stereocenters. The first-order valence-corrected chi connectivity index (χ1v) is 6.96. The van der Waals surface area contributed by atoms with Crippen molar-refractivity contribution in [3.05, 3.63) is 69.4 Å². The van der Waals surface area contributed by atoms with Gasteiger partial charge in [-0.05, 0) is 41.5 Å². The first-order valence-electron chi connectivity index (χ1n) is 6.16. The third-order valence-corrected chi connectivity index (χ3v) is 3.39. The molecule has 1 nitrogen and oxygen atoms in total. The Labute approximate surface area is 128 Å². The Morgan fingerprint density at radius 1 is 0.905 bits per heavy atom. The van der Waals surface area contributed by atoms with E-state index in [1.807, 2.05) is 24.3 Å². The summed E-state index contributed by atoms with van der Waals surface area (Å²) in [5, 5.41) is 2.99. The second-order valence-corrected chi connectivity index (χ2v) is 5.49. The maximum atomic E-state index is 13.2. The van der Waals surface area contributed by atoms with E-state index in [-0.39, 0.29) is 12.1 Å². The van der Waals surface area contributed by atoms with E-state index in [1.165, 1.54) is 0 Å². The summed E-state index contributed by atoms with van der Waals surface area (Å²) in [5.74, 6) is -0.884. The summed E-state index contributed by atoms with van der Waals surface area (Å²) in [6.07, 6.45) is -4.54. The van der Waals surface area contributed by atoms with Gasteiger partial charge in [0.05, 0.1) is 5.56 Å². The lowest BCUT2D eigenvalue weighted by Crippen LogP contribution is -2.14. The van der Waals surface area contributed by atoms with Crippen LogP contribution >= 0.6 is 15.9 Å². The van der Waals surface area contributed by atoms with Gasteiger partial charge in [-0.1, -0.05) is 28.1 Å². The van der Waals surface area contributed by atoms with Crippen LogP contribution in [0.4, 0.5) is 17.6 Å². The van der Waals surface area contributed by atoms with E-state index in [4.69, 9.17) is 0 Å². The zero-order valence-corrected chi connectivity index (χ0v) is 12.4. The van der Waals surface area contributed by atoms with Crippen molar-refractivity contribution in [2.45, 2.75) is 19.3 Å². The molecule has 0 saturated heterocycles. The average molecular weight is 362 g/mol. The molecule has 0 aliphatic rings. The molecule has 21 heavy (non-hydrogen) atoms. The van der Waals surface area contributed by atoms with E-state index in [0.29, 0.717) is 12.6 Å². The summed E-state index contributed by atoms with van der Waals surface area (Å²) in [7, 11) is 0. The molecule has 2 aromatic rings. The molecule has 0 bridgehead atoms. The summed E-state index contributed by atoms with van der Waals surface area (Å²) >= 11 is 3.32. The van der Waals surface area contributed by atoms with E-state index >= 15 is 0 Å². The number of rotatable bonds is 4. The van der Waals surface area contributed by atoms with Crippen LogP contribution in [0.3, 0.4) is 0 Å². The minimum Gasteiger partial charge on any atom is -0.309 e. The van der Waals surface area contributed by atoms with Crippen LogP contribution in [0.1, 0.15) is 16.7 Å². The molecular formula is C15H12BrF4N. The highest BCUT2D eigenvalue weighted by molar-refractivity contribution is 9.10. The SMILES string of the molecule is Fc1cc(CNCc2ccc(Br)cc2)cc(C(F)(F)F)c1. The Kier molecular flexibility index (Phi) is 5.00. The molecule has 0 radical (unpaired) electrons. The highest BCUT2D eigenvalue weighted by atomic mass is 79.9. The van der Waals surface area contributed by atoms with Crippen molar-refractivity contribution >= 4 is 15.9 Å². The van der Waals surface area contributed by atoms with Crippen molar-refractivity contribution < 1.29 is 17.6 Å². The Morgan fingerprint density at radius 2 is 1.52 bits per heavy atom. The van der Waals surface area contributed by atoms with Crippen LogP contribution in [0.15, 0.2) is 46.9 Å². The van der Waals surface area contributed by atoms with Crippen LogP contribution in [-0.2, 0) is 19.3 Å². The maximum Gasteiger partial charge on any atom is 0.416 e. The fraction of sp³-hybridized carbons (Fsp3) is 0.200. The molecule has 0 atom stereocenters. The standard InChI is InChI=1S/C15H12BrF4N/c16-13-3-1-10(2-4-13)8-21-9-11-5-12(15(18,19)20)7-14(17)6-11/h1-7,21H,8-9H2. The lowest BCUT2D eigenvalue weighted by Gasteiger charge is -2.10. The summed E-state index contributed by atoms with van der Waals surface area (Å²) in [5.41, 5.74) is 0.285. The van der Waals surface area contributed by atoms with Gasteiger partial charge in [0.25, 0.3) is 0 Å². The first-order chi connectivity index (χ1) is 9.84. The molecule has 112 valence electrons. The van der Waals surface area contributed by atoms with Crippen LogP contribution < -0.4 is 5.32 Å². The zero-order valence-electron chi connectivity index (χ0n) is 10.8. The number of nitrogens with one attached hydrogen (secondary N) is 1. The van der Waals surface area contributed by atoms with Crippen LogP contribution in [0.5, 0.6) is 0 Å². The third-order valence-electron chi connectivity index (χ3n) is 2.86. The molecule has 2 rings (SSSR count). The van der Waals surface area contributed by atoms with Gasteiger partial charge in [0.15, 0.2) is 0 Å². The summed E-state index contributed by atoms with van der Waals surface area (Å²) < 4.78 is 51.9. The smallest absolute Gasteiger partial charge is 0.309 e. The minimum absolute atomic E-state index is 0.164. The van der Waals surface area contributed by atoms with Crippen LogP contribution in [0, 0.1) is 5.82 Å². The van der Waals surface area contributed by atoms with Gasteiger partial charge >= 0.3 is 6.18 Å². The zero-order chi connectivity index (χ0) is 15.5. The fourth-order valence-electron chi connectivity index (χ4n) is 1.87. The Bertz CT molecular complexity index is 608. The van der Waals surface area contributed by atoms with Crippen molar-refractivity contribution in [3.8, 4) is 0 Å². The number of halogens is 5. The molecule has 0 aliphatic heterocycles. The van der Waals surface area contributed by atoms with E-state index < -0.39 is 17.6 Å². The fourth-order valence-corrected chi connectivity index (χ4v) is 2.13. The molecule has 0 spiro atoms. The second kappa shape index (κ2) is 6.58. The lowest BCUT2D eigenvalue weighted by molar-refractivity contribution is -0.137. The summed E-state index contributed by atoms with van der Waals surface area (Å²) in [6, 6.07) is 10.1. The Balaban J connectivity index is 2.00. The monoisotopic (exact) mass is 361 g/mol. The van der Waals surface area contributed by atoms with Gasteiger partial charge in [0.2, 0.25) is 0 Å². The molecular weight excluding hydrogens is 350 g/mol. The van der Waals surface area contributed by atoms with E-state index in [2.05, 4.69) is 21.2 Å². The third kappa shape index (κ3) is 4.82. The molecule has 0 heterocycles. The number of hydrogen-bond acceptors (Lipinski definition) is 1. The molecule has 0 aliphatic carbocycles. The Hall–Kier alpha value is -1.40. The van der Waals surface area contributed by atoms with Crippen molar-refractivity contribution in [1.82, 2.24) is 5.32 Å². The molecule has 0 saturated carbocycles. The van der Waals surface area contributed by atoms with Gasteiger partial charge in [-0.2, -0.15) is 13.2 Å². The molecule has 0 fully saturated rings. The van der Waals surface area contributed by atoms with E-state index in [9.17, 15) is 17.6 Å². The summed E-state index contributed by atoms with van der Waals surface area (Å²) in [6.45, 7) is 0.655. The van der Waals surface area contributed by atoms with E-state index in [1.54, 1.807) is 0 Å². The van der Waals surface area contributed by atoms with Gasteiger partial charge in [-0.15, -0.1) is 0 Å². The minimum atomic E-state index is -4.54. The number of alkyl halides is 3. The highest BCUT2D eigenvalue weighted by Gasteiger charge is 2.31. The molecule has 1 N–H and O–H groups in total. The van der Waals surface area contributed by atoms with Gasteiger partial charge < -0.3 is 5.32 Å². The van der Waals surface area contributed by atoms with E-state index in [0.717, 1.165) is 22.2 Å². The first kappa shape index (κ1) is 16.0. The molecule has 0 amide bonds. The highest BCUT2D eigenvalue weighted by Crippen LogP contribution is 2.30. The van der Waals surface area contributed by atoms with Crippen molar-refractivity contribution in [2.75, 3.05) is 0 Å². The van der Waals surface area contributed by atoms with Crippen LogP contribution in [0.2, 0.25) is 0 Å². The largest absolute Gasteiger partial charge is 0.416 e. The number of benzene rings is 2. The quantitative estimate of drug-likeness (QED) is 0.764. The van der Waals surface area contributed by atoms with Crippen LogP contribution in [-0.4, -0.2) is 0 Å². The topological polar surface area (TPSA) is 12.0 Å². The predicted octanol–water partition coefficient (Wildman–Crippen LogP) is 4.90. The van der Waals surface area contributed by atoms with Gasteiger partial charge in [-0.25, -0.2) is 4.39 Å². The van der Waals surface area contributed by atoms with Crippen molar-refractivity contribution in [1.29, 1.82) is 0 Å². The second-order valence-electron chi connectivity index (χ2n) is 4.58. The van der Waals surface area contributed by atoms with Crippen LogP contribution in [0.25, 0.3) is 0 Å².